The number of carbonyl (C=O) groups excluding carboxylic acids is 1. The van der Waals surface area contributed by atoms with Crippen LogP contribution in [0.3, 0.4) is 0 Å². The van der Waals surface area contributed by atoms with Crippen LogP contribution in [0.2, 0.25) is 0 Å². The van der Waals surface area contributed by atoms with Crippen molar-refractivity contribution >= 4 is 30.7 Å². The van der Waals surface area contributed by atoms with Crippen LogP contribution in [0.4, 0.5) is 0 Å². The highest BCUT2D eigenvalue weighted by molar-refractivity contribution is 5.85. The Morgan fingerprint density at radius 2 is 1.88 bits per heavy atom. The number of amides is 1. The molecule has 2 saturated heterocycles. The number of aryl methyl sites for hydroxylation is 2. The third-order valence-electron chi connectivity index (χ3n) is 5.49. The molecule has 0 bridgehead atoms. The molecule has 0 spiro atoms. The molecule has 1 amide bonds. The Hall–Kier alpha value is -0.820. The first kappa shape index (κ1) is 22.2. The lowest BCUT2D eigenvalue weighted by atomic mass is 9.91. The van der Waals surface area contributed by atoms with Crippen LogP contribution in [-0.2, 0) is 16.6 Å². The molecule has 1 aromatic rings. The Bertz CT molecular complexity index is 587. The molecule has 0 saturated carbocycles. The average molecular weight is 393 g/mol. The van der Waals surface area contributed by atoms with Gasteiger partial charge in [-0.05, 0) is 45.4 Å². The molecule has 2 N–H and O–H groups in total. The maximum absolute atomic E-state index is 13.0. The number of hydrogen-bond acceptors (Lipinski definition) is 4. The zero-order valence-corrected chi connectivity index (χ0v) is 16.9. The topological polar surface area (TPSA) is 73.4 Å². The number of halogens is 2. The van der Waals surface area contributed by atoms with E-state index in [1.807, 2.05) is 23.6 Å². The van der Waals surface area contributed by atoms with Gasteiger partial charge in [-0.25, -0.2) is 0 Å². The number of nitrogens with zero attached hydrogens (tertiary/aromatic N) is 3. The Morgan fingerprint density at radius 3 is 2.44 bits per heavy atom. The predicted molar refractivity (Wildman–Crippen MR) is 102 cm³/mol. The summed E-state index contributed by atoms with van der Waals surface area (Å²) >= 11 is 0. The molecule has 1 aromatic heterocycles. The highest BCUT2D eigenvalue weighted by Crippen LogP contribution is 2.36. The normalized spacial score (nSPS) is 22.2. The van der Waals surface area contributed by atoms with Crippen LogP contribution >= 0.6 is 24.8 Å². The summed E-state index contributed by atoms with van der Waals surface area (Å²) < 4.78 is 7.30. The van der Waals surface area contributed by atoms with E-state index in [4.69, 9.17) is 10.5 Å². The van der Waals surface area contributed by atoms with Crippen LogP contribution in [-0.4, -0.2) is 46.4 Å². The van der Waals surface area contributed by atoms with E-state index in [1.54, 1.807) is 0 Å². The molecular weight excluding hydrogens is 363 g/mol. The second-order valence-electron chi connectivity index (χ2n) is 6.87. The van der Waals surface area contributed by atoms with Crippen molar-refractivity contribution < 1.29 is 9.53 Å². The molecule has 0 aromatic carbocycles. The van der Waals surface area contributed by atoms with E-state index >= 15 is 0 Å². The maximum atomic E-state index is 13.0. The number of aromatic nitrogens is 2. The first-order valence-electron chi connectivity index (χ1n) is 8.64. The van der Waals surface area contributed by atoms with Gasteiger partial charge in [0.2, 0.25) is 5.91 Å². The number of ether oxygens (including phenoxy) is 1. The quantitative estimate of drug-likeness (QED) is 0.855. The van der Waals surface area contributed by atoms with Gasteiger partial charge in [0.25, 0.3) is 0 Å². The lowest BCUT2D eigenvalue weighted by molar-refractivity contribution is -0.135. The molecule has 2 unspecified atom stereocenters. The van der Waals surface area contributed by atoms with Crippen LogP contribution in [0.25, 0.3) is 0 Å². The Labute approximate surface area is 162 Å². The van der Waals surface area contributed by atoms with E-state index in [9.17, 15) is 4.79 Å². The van der Waals surface area contributed by atoms with Crippen LogP contribution in [0.15, 0.2) is 0 Å². The zero-order valence-electron chi connectivity index (χ0n) is 15.2. The minimum Gasteiger partial charge on any atom is -0.381 e. The summed E-state index contributed by atoms with van der Waals surface area (Å²) in [4.78, 5) is 15.0. The maximum Gasteiger partial charge on any atom is 0.240 e. The van der Waals surface area contributed by atoms with Crippen molar-refractivity contribution in [1.29, 1.82) is 0 Å². The third kappa shape index (κ3) is 4.30. The molecular formula is C17H30Cl2N4O2. The number of carbonyl (C=O) groups is 1. The summed E-state index contributed by atoms with van der Waals surface area (Å²) in [6, 6.07) is -0.279. The minimum absolute atomic E-state index is 0. The van der Waals surface area contributed by atoms with Gasteiger partial charge in [-0.3, -0.25) is 9.48 Å². The molecule has 6 nitrogen and oxygen atoms in total. The molecule has 2 aliphatic heterocycles. The standard InChI is InChI=1S/C17H28N4O2.2ClH/c1-11-15(12(2)20(3)19-11)14-5-4-8-21(14)17(22)16(18)13-6-9-23-10-7-13;;/h13-14,16H,4-10,18H2,1-3H3;2*1H. The smallest absolute Gasteiger partial charge is 0.240 e. The highest BCUT2D eigenvalue weighted by Gasteiger charge is 2.37. The fraction of sp³-hybridized carbons (Fsp3) is 0.765. The molecule has 25 heavy (non-hydrogen) atoms. The summed E-state index contributed by atoms with van der Waals surface area (Å²) in [6.07, 6.45) is 3.80. The molecule has 144 valence electrons. The van der Waals surface area contributed by atoms with Gasteiger partial charge >= 0.3 is 0 Å². The SMILES string of the molecule is Cc1nn(C)c(C)c1C1CCCN1C(=O)C(N)C1CCOCC1.Cl.Cl. The molecule has 2 atom stereocenters. The molecule has 8 heteroatoms. The Balaban J connectivity index is 0.00000156. The van der Waals surface area contributed by atoms with Crippen molar-refractivity contribution in [3.63, 3.8) is 0 Å². The number of likely N-dealkylation sites (tertiary alicyclic amines) is 1. The van der Waals surface area contributed by atoms with Crippen LogP contribution in [0, 0.1) is 19.8 Å². The van der Waals surface area contributed by atoms with Crippen molar-refractivity contribution in [3.8, 4) is 0 Å². The van der Waals surface area contributed by atoms with Crippen molar-refractivity contribution in [1.82, 2.24) is 14.7 Å². The van der Waals surface area contributed by atoms with E-state index in [-0.39, 0.29) is 42.7 Å². The van der Waals surface area contributed by atoms with Crippen molar-refractivity contribution in [2.24, 2.45) is 18.7 Å². The molecule has 0 aliphatic carbocycles. The van der Waals surface area contributed by atoms with Crippen molar-refractivity contribution in [2.75, 3.05) is 19.8 Å². The summed E-state index contributed by atoms with van der Waals surface area (Å²) in [6.45, 7) is 6.34. The van der Waals surface area contributed by atoms with Gasteiger partial charge in [0, 0.05) is 38.1 Å². The summed E-state index contributed by atoms with van der Waals surface area (Å²) in [5.41, 5.74) is 9.70. The summed E-state index contributed by atoms with van der Waals surface area (Å²) in [7, 11) is 1.96. The Kier molecular flexibility index (Phi) is 8.19. The largest absolute Gasteiger partial charge is 0.381 e. The van der Waals surface area contributed by atoms with Crippen molar-refractivity contribution in [3.05, 3.63) is 17.0 Å². The first-order chi connectivity index (χ1) is 11.0. The van der Waals surface area contributed by atoms with Crippen molar-refractivity contribution in [2.45, 2.75) is 51.6 Å². The molecule has 2 fully saturated rings. The van der Waals surface area contributed by atoms with Gasteiger partial charge < -0.3 is 15.4 Å². The predicted octanol–water partition coefficient (Wildman–Crippen LogP) is 2.30. The molecule has 2 aliphatic rings. The van der Waals surface area contributed by atoms with E-state index < -0.39 is 6.04 Å². The first-order valence-corrected chi connectivity index (χ1v) is 8.64. The molecule has 3 heterocycles. The fourth-order valence-electron chi connectivity index (χ4n) is 4.07. The monoisotopic (exact) mass is 392 g/mol. The average Bonchev–Trinajstić information content (AvgIpc) is 3.12. The Morgan fingerprint density at radius 1 is 1.24 bits per heavy atom. The number of hydrogen-bond donors (Lipinski definition) is 1. The van der Waals surface area contributed by atoms with E-state index in [1.165, 1.54) is 5.56 Å². The third-order valence-corrected chi connectivity index (χ3v) is 5.49. The lowest BCUT2D eigenvalue weighted by Gasteiger charge is -2.32. The number of nitrogens with two attached hydrogens (primary N) is 1. The molecule has 0 radical (unpaired) electrons. The zero-order chi connectivity index (χ0) is 16.6. The molecule has 3 rings (SSSR count). The second-order valence-corrected chi connectivity index (χ2v) is 6.87. The van der Waals surface area contributed by atoms with E-state index in [0.717, 1.165) is 56.8 Å². The minimum atomic E-state index is -0.406. The second kappa shape index (κ2) is 9.21. The number of rotatable bonds is 3. The van der Waals surface area contributed by atoms with Crippen LogP contribution < -0.4 is 5.73 Å². The van der Waals surface area contributed by atoms with Gasteiger partial charge in [-0.15, -0.1) is 24.8 Å². The van der Waals surface area contributed by atoms with Gasteiger partial charge in [0.05, 0.1) is 17.8 Å². The van der Waals surface area contributed by atoms with Crippen LogP contribution in [0.5, 0.6) is 0 Å². The summed E-state index contributed by atoms with van der Waals surface area (Å²) in [5, 5.41) is 4.51. The van der Waals surface area contributed by atoms with Gasteiger partial charge in [0.1, 0.15) is 0 Å². The van der Waals surface area contributed by atoms with Gasteiger partial charge in [-0.1, -0.05) is 0 Å². The lowest BCUT2D eigenvalue weighted by Crippen LogP contribution is -2.48. The van der Waals surface area contributed by atoms with E-state index in [2.05, 4.69) is 12.0 Å². The van der Waals surface area contributed by atoms with Crippen LogP contribution in [0.1, 0.15) is 48.7 Å². The fourth-order valence-corrected chi connectivity index (χ4v) is 4.07. The highest BCUT2D eigenvalue weighted by atomic mass is 35.5. The van der Waals surface area contributed by atoms with Gasteiger partial charge in [0.15, 0.2) is 0 Å². The van der Waals surface area contributed by atoms with Gasteiger partial charge in [-0.2, -0.15) is 5.10 Å². The summed E-state index contributed by atoms with van der Waals surface area (Å²) in [5.74, 6) is 0.343. The van der Waals surface area contributed by atoms with E-state index in [0.29, 0.717) is 0 Å².